The molecule has 0 saturated heterocycles. The molecule has 0 spiro atoms. The molecule has 130 valence electrons. The fraction of sp³-hybridized carbons (Fsp3) is 0.176. The van der Waals surface area contributed by atoms with Gasteiger partial charge in [-0.15, -0.1) is 17.9 Å². The van der Waals surface area contributed by atoms with Gasteiger partial charge in [-0.2, -0.15) is 0 Å². The number of hydrogen-bond donors (Lipinski definition) is 0. The summed E-state index contributed by atoms with van der Waals surface area (Å²) in [5.74, 6) is -1.11. The smallest absolute Gasteiger partial charge is 0.269 e. The summed E-state index contributed by atoms with van der Waals surface area (Å²) in [6.07, 6.45) is 1.57. The number of hydrogen-bond acceptors (Lipinski definition) is 5. The quantitative estimate of drug-likeness (QED) is 0.724. The van der Waals surface area contributed by atoms with Crippen LogP contribution >= 0.6 is 11.3 Å². The topological polar surface area (TPSA) is 74.8 Å². The summed E-state index contributed by atoms with van der Waals surface area (Å²) >= 11 is 1.50. The SMILES string of the molecule is C=CCN(Cc1cccs1)C(=O)CN1C(=O)c2ccccc2S1(=O)=O. The second kappa shape index (κ2) is 6.81. The van der Waals surface area contributed by atoms with E-state index in [1.54, 1.807) is 18.2 Å². The first-order valence-electron chi connectivity index (χ1n) is 7.52. The zero-order valence-electron chi connectivity index (χ0n) is 13.3. The molecule has 0 radical (unpaired) electrons. The van der Waals surface area contributed by atoms with Gasteiger partial charge in [0.05, 0.1) is 12.1 Å². The van der Waals surface area contributed by atoms with E-state index in [9.17, 15) is 18.0 Å². The number of carbonyl (C=O) groups excluding carboxylic acids is 2. The Morgan fingerprint density at radius 2 is 2.00 bits per heavy atom. The van der Waals surface area contributed by atoms with Gasteiger partial charge in [0.2, 0.25) is 5.91 Å². The van der Waals surface area contributed by atoms with Crippen molar-refractivity contribution in [3.8, 4) is 0 Å². The van der Waals surface area contributed by atoms with E-state index in [0.29, 0.717) is 10.8 Å². The standard InChI is InChI=1S/C17H16N2O4S2/c1-2-9-18(11-13-6-5-10-24-13)16(20)12-19-17(21)14-7-3-4-8-15(14)25(19,22)23/h2-8,10H,1,9,11-12H2. The van der Waals surface area contributed by atoms with Crippen LogP contribution < -0.4 is 0 Å². The largest absolute Gasteiger partial charge is 0.332 e. The minimum absolute atomic E-state index is 0.0543. The summed E-state index contributed by atoms with van der Waals surface area (Å²) in [4.78, 5) is 27.4. The van der Waals surface area contributed by atoms with E-state index in [1.165, 1.54) is 28.4 Å². The monoisotopic (exact) mass is 376 g/mol. The molecule has 0 saturated carbocycles. The molecule has 0 unspecified atom stereocenters. The molecule has 2 amide bonds. The van der Waals surface area contributed by atoms with Gasteiger partial charge in [-0.05, 0) is 23.6 Å². The fourth-order valence-corrected chi connectivity index (χ4v) is 4.85. The van der Waals surface area contributed by atoms with E-state index >= 15 is 0 Å². The van der Waals surface area contributed by atoms with Crippen LogP contribution in [0.3, 0.4) is 0 Å². The Balaban J connectivity index is 1.82. The molecule has 3 rings (SSSR count). The van der Waals surface area contributed by atoms with Gasteiger partial charge < -0.3 is 4.90 Å². The second-order valence-electron chi connectivity index (χ2n) is 5.46. The zero-order valence-corrected chi connectivity index (χ0v) is 14.9. The van der Waals surface area contributed by atoms with Gasteiger partial charge in [-0.25, -0.2) is 12.7 Å². The normalized spacial score (nSPS) is 15.0. The lowest BCUT2D eigenvalue weighted by molar-refractivity contribution is -0.131. The maximum Gasteiger partial charge on any atom is 0.269 e. The number of amides is 2. The number of thiophene rings is 1. The molecule has 2 aromatic rings. The van der Waals surface area contributed by atoms with Crippen molar-refractivity contribution >= 4 is 33.2 Å². The minimum atomic E-state index is -3.99. The minimum Gasteiger partial charge on any atom is -0.332 e. The molecule has 0 bridgehead atoms. The lowest BCUT2D eigenvalue weighted by Gasteiger charge is -2.23. The van der Waals surface area contributed by atoms with Crippen molar-refractivity contribution in [1.82, 2.24) is 9.21 Å². The maximum atomic E-state index is 12.6. The van der Waals surface area contributed by atoms with Gasteiger partial charge >= 0.3 is 0 Å². The van der Waals surface area contributed by atoms with Gasteiger partial charge in [-0.1, -0.05) is 24.3 Å². The van der Waals surface area contributed by atoms with Crippen molar-refractivity contribution < 1.29 is 18.0 Å². The Morgan fingerprint density at radius 1 is 1.24 bits per heavy atom. The molecule has 1 aromatic carbocycles. The first-order chi connectivity index (χ1) is 11.9. The van der Waals surface area contributed by atoms with Gasteiger partial charge in [0.25, 0.3) is 15.9 Å². The molecular weight excluding hydrogens is 360 g/mol. The van der Waals surface area contributed by atoms with Crippen LogP contribution in [0.15, 0.2) is 59.3 Å². The molecule has 0 N–H and O–H groups in total. The summed E-state index contributed by atoms with van der Waals surface area (Å²) in [6.45, 7) is 3.73. The van der Waals surface area contributed by atoms with E-state index in [2.05, 4.69) is 6.58 Å². The Bertz CT molecular complexity index is 920. The van der Waals surface area contributed by atoms with Crippen molar-refractivity contribution in [1.29, 1.82) is 0 Å². The summed E-state index contributed by atoms with van der Waals surface area (Å²) in [6, 6.07) is 9.74. The predicted molar refractivity (Wildman–Crippen MR) is 94.6 cm³/mol. The lowest BCUT2D eigenvalue weighted by Crippen LogP contribution is -2.42. The molecule has 1 aliphatic rings. The van der Waals surface area contributed by atoms with Crippen LogP contribution in [0.5, 0.6) is 0 Å². The molecule has 0 fully saturated rings. The van der Waals surface area contributed by atoms with E-state index in [4.69, 9.17) is 0 Å². The average molecular weight is 376 g/mol. The number of benzene rings is 1. The first-order valence-corrected chi connectivity index (χ1v) is 9.84. The highest BCUT2D eigenvalue weighted by Crippen LogP contribution is 2.29. The van der Waals surface area contributed by atoms with Gasteiger partial charge in [0, 0.05) is 11.4 Å². The van der Waals surface area contributed by atoms with Crippen molar-refractivity contribution in [3.63, 3.8) is 0 Å². The summed E-state index contributed by atoms with van der Waals surface area (Å²) < 4.78 is 25.7. The molecule has 25 heavy (non-hydrogen) atoms. The van der Waals surface area contributed by atoms with Crippen molar-refractivity contribution in [3.05, 3.63) is 64.9 Å². The van der Waals surface area contributed by atoms with Gasteiger partial charge in [0.15, 0.2) is 0 Å². The molecule has 6 nitrogen and oxygen atoms in total. The van der Waals surface area contributed by atoms with E-state index in [1.807, 2.05) is 17.5 Å². The number of sulfonamides is 1. The third kappa shape index (κ3) is 3.22. The van der Waals surface area contributed by atoms with Gasteiger partial charge in [0.1, 0.15) is 11.4 Å². The van der Waals surface area contributed by atoms with Crippen LogP contribution in [0.1, 0.15) is 15.2 Å². The lowest BCUT2D eigenvalue weighted by atomic mass is 10.2. The second-order valence-corrected chi connectivity index (χ2v) is 8.32. The van der Waals surface area contributed by atoms with E-state index in [0.717, 1.165) is 4.88 Å². The fourth-order valence-electron chi connectivity index (χ4n) is 2.61. The average Bonchev–Trinajstić information content (AvgIpc) is 3.17. The zero-order chi connectivity index (χ0) is 18.0. The van der Waals surface area contributed by atoms with Crippen molar-refractivity contribution in [2.24, 2.45) is 0 Å². The van der Waals surface area contributed by atoms with Crippen molar-refractivity contribution in [2.75, 3.05) is 13.1 Å². The van der Waals surface area contributed by atoms with E-state index in [-0.39, 0.29) is 17.0 Å². The molecule has 2 heterocycles. The highest BCUT2D eigenvalue weighted by molar-refractivity contribution is 7.90. The van der Waals surface area contributed by atoms with Crippen LogP contribution in [0.4, 0.5) is 0 Å². The predicted octanol–water partition coefficient (Wildman–Crippen LogP) is 2.11. The Labute approximate surface area is 150 Å². The number of nitrogens with zero attached hydrogens (tertiary/aromatic N) is 2. The molecule has 1 aromatic heterocycles. The number of carbonyl (C=O) groups is 2. The Hall–Kier alpha value is -2.45. The summed E-state index contributed by atoms with van der Waals surface area (Å²) in [5, 5.41) is 1.90. The summed E-state index contributed by atoms with van der Waals surface area (Å²) in [5.41, 5.74) is 0.101. The number of rotatable bonds is 6. The van der Waals surface area contributed by atoms with Crippen LogP contribution in [0, 0.1) is 0 Å². The highest BCUT2D eigenvalue weighted by atomic mass is 32.2. The van der Waals surface area contributed by atoms with Crippen LogP contribution in [-0.2, 0) is 21.4 Å². The third-order valence-corrected chi connectivity index (χ3v) is 6.47. The molecule has 1 aliphatic heterocycles. The maximum absolute atomic E-state index is 12.6. The van der Waals surface area contributed by atoms with Crippen LogP contribution in [0.2, 0.25) is 0 Å². The third-order valence-electron chi connectivity index (χ3n) is 3.82. The molecule has 0 aliphatic carbocycles. The Kier molecular flexibility index (Phi) is 4.73. The van der Waals surface area contributed by atoms with E-state index < -0.39 is 28.4 Å². The molecular formula is C17H16N2O4S2. The van der Waals surface area contributed by atoms with Crippen LogP contribution in [0.25, 0.3) is 0 Å². The van der Waals surface area contributed by atoms with Crippen LogP contribution in [-0.4, -0.2) is 42.5 Å². The van der Waals surface area contributed by atoms with Crippen molar-refractivity contribution in [2.45, 2.75) is 11.4 Å². The summed E-state index contributed by atoms with van der Waals surface area (Å²) in [7, 11) is -3.99. The molecule has 0 atom stereocenters. The highest BCUT2D eigenvalue weighted by Gasteiger charge is 2.42. The Morgan fingerprint density at radius 3 is 2.64 bits per heavy atom. The first kappa shape index (κ1) is 17.4. The molecule has 8 heteroatoms. The number of fused-ring (bicyclic) bond motifs is 1. The van der Waals surface area contributed by atoms with Gasteiger partial charge in [-0.3, -0.25) is 9.59 Å².